The molecule has 7 heavy (non-hydrogen) atoms. The molecule has 0 aliphatic carbocycles. The first-order valence-corrected chi connectivity index (χ1v) is 2.08. The number of aliphatic hydroxyl groups excluding tert-OH is 1. The van der Waals surface area contributed by atoms with Gasteiger partial charge in [0.15, 0.2) is 0 Å². The van der Waals surface area contributed by atoms with E-state index in [1.807, 2.05) is 0 Å². The van der Waals surface area contributed by atoms with E-state index in [1.54, 1.807) is 14.0 Å². The summed E-state index contributed by atoms with van der Waals surface area (Å²) < 4.78 is 0. The molecule has 0 spiro atoms. The van der Waals surface area contributed by atoms with Crippen LogP contribution in [0.3, 0.4) is 0 Å². The molecule has 0 saturated carbocycles. The zero-order valence-electron chi connectivity index (χ0n) is 4.55. The van der Waals surface area contributed by atoms with Crippen molar-refractivity contribution < 1.29 is 5.11 Å². The van der Waals surface area contributed by atoms with Gasteiger partial charge in [-0.2, -0.15) is 5.12 Å². The van der Waals surface area contributed by atoms with Crippen LogP contribution in [-0.2, 0) is 0 Å². The summed E-state index contributed by atoms with van der Waals surface area (Å²) in [4.78, 5) is 0. The molecule has 0 aromatic carbocycles. The number of nitrogens with two attached hydrogens (primary N) is 1. The van der Waals surface area contributed by atoms with Crippen molar-refractivity contribution in [3.8, 4) is 0 Å². The molecule has 1 atom stereocenters. The zero-order valence-corrected chi connectivity index (χ0v) is 4.55. The van der Waals surface area contributed by atoms with Crippen molar-refractivity contribution in [3.05, 3.63) is 0 Å². The van der Waals surface area contributed by atoms with Gasteiger partial charge in [-0.1, -0.05) is 0 Å². The van der Waals surface area contributed by atoms with Gasteiger partial charge in [0.05, 0.1) is 0 Å². The molecule has 1 unspecified atom stereocenters. The van der Waals surface area contributed by atoms with E-state index in [0.717, 1.165) is 5.12 Å². The van der Waals surface area contributed by atoms with Gasteiger partial charge in [0.1, 0.15) is 6.23 Å². The predicted octanol–water partition coefficient (Wildman–Crippen LogP) is -1.37. The zero-order chi connectivity index (χ0) is 5.86. The van der Waals surface area contributed by atoms with Gasteiger partial charge in [-0.3, -0.25) is 5.84 Å². The second-order valence-electron chi connectivity index (χ2n) is 1.26. The van der Waals surface area contributed by atoms with Crippen LogP contribution in [0, 0.1) is 0 Å². The van der Waals surface area contributed by atoms with Crippen molar-refractivity contribution in [1.82, 2.24) is 10.5 Å². The highest BCUT2D eigenvalue weighted by Gasteiger charge is 1.98. The molecule has 0 saturated heterocycles. The molecular weight excluding hydrogens is 94.1 g/mol. The van der Waals surface area contributed by atoms with Crippen LogP contribution in [0.1, 0.15) is 6.92 Å². The molecule has 0 fully saturated rings. The highest BCUT2D eigenvalue weighted by molar-refractivity contribution is 4.32. The quantitative estimate of drug-likeness (QED) is 0.230. The lowest BCUT2D eigenvalue weighted by Crippen LogP contribution is -2.47. The molecular formula is C3H11N3O. The van der Waals surface area contributed by atoms with Gasteiger partial charge in [-0.25, -0.2) is 5.43 Å². The Labute approximate surface area is 42.9 Å². The Morgan fingerprint density at radius 2 is 2.29 bits per heavy atom. The predicted molar refractivity (Wildman–Crippen MR) is 26.8 cm³/mol. The third kappa shape index (κ3) is 2.52. The minimum Gasteiger partial charge on any atom is -0.376 e. The van der Waals surface area contributed by atoms with E-state index in [2.05, 4.69) is 5.43 Å². The third-order valence-electron chi connectivity index (χ3n) is 0.661. The lowest BCUT2D eigenvalue weighted by atomic mass is 10.7. The third-order valence-corrected chi connectivity index (χ3v) is 0.661. The van der Waals surface area contributed by atoms with E-state index < -0.39 is 6.23 Å². The summed E-state index contributed by atoms with van der Waals surface area (Å²) in [6, 6.07) is 0. The lowest BCUT2D eigenvalue weighted by Gasteiger charge is -2.16. The molecule has 4 N–H and O–H groups in total. The minimum absolute atomic E-state index is 0.634. The molecule has 0 aromatic heterocycles. The molecule has 0 amide bonds. The van der Waals surface area contributed by atoms with Crippen molar-refractivity contribution in [2.24, 2.45) is 5.84 Å². The van der Waals surface area contributed by atoms with Gasteiger partial charge in [-0.15, -0.1) is 0 Å². The SMILES string of the molecule is CNN(N)C(C)O. The molecule has 0 aromatic rings. The minimum atomic E-state index is -0.634. The van der Waals surface area contributed by atoms with Crippen LogP contribution in [0.2, 0.25) is 0 Å². The second-order valence-corrected chi connectivity index (χ2v) is 1.26. The van der Waals surface area contributed by atoms with Crippen molar-refractivity contribution in [2.75, 3.05) is 7.05 Å². The summed E-state index contributed by atoms with van der Waals surface area (Å²) in [6.45, 7) is 1.57. The number of nitrogens with zero attached hydrogens (tertiary/aromatic N) is 1. The summed E-state index contributed by atoms with van der Waals surface area (Å²) >= 11 is 0. The number of hydrogen-bond donors (Lipinski definition) is 3. The number of hydrazine groups is 2. The second kappa shape index (κ2) is 2.92. The van der Waals surface area contributed by atoms with Crippen LogP contribution >= 0.6 is 0 Å². The highest BCUT2D eigenvalue weighted by atomic mass is 16.3. The maximum absolute atomic E-state index is 8.56. The first kappa shape index (κ1) is 6.84. The molecule has 0 heterocycles. The fraction of sp³-hybridized carbons (Fsp3) is 1.00. The number of hydrogen-bond acceptors (Lipinski definition) is 4. The Kier molecular flexibility index (Phi) is 2.86. The van der Waals surface area contributed by atoms with Gasteiger partial charge >= 0.3 is 0 Å². The van der Waals surface area contributed by atoms with Crippen LogP contribution in [0.15, 0.2) is 0 Å². The lowest BCUT2D eigenvalue weighted by molar-refractivity contribution is -0.0132. The molecule has 0 aliphatic rings. The van der Waals surface area contributed by atoms with Crippen LogP contribution in [0.5, 0.6) is 0 Å². The maximum atomic E-state index is 8.56. The van der Waals surface area contributed by atoms with Crippen molar-refractivity contribution in [3.63, 3.8) is 0 Å². The van der Waals surface area contributed by atoms with Crippen molar-refractivity contribution in [2.45, 2.75) is 13.2 Å². The molecule has 0 radical (unpaired) electrons. The van der Waals surface area contributed by atoms with Gasteiger partial charge < -0.3 is 5.11 Å². The largest absolute Gasteiger partial charge is 0.376 e. The highest BCUT2D eigenvalue weighted by Crippen LogP contribution is 1.75. The maximum Gasteiger partial charge on any atom is 0.131 e. The summed E-state index contributed by atoms with van der Waals surface area (Å²) in [5.41, 5.74) is 2.53. The molecule has 44 valence electrons. The van der Waals surface area contributed by atoms with Crippen LogP contribution < -0.4 is 11.3 Å². The van der Waals surface area contributed by atoms with Crippen LogP contribution in [0.4, 0.5) is 0 Å². The average Bonchev–Trinajstić information content (AvgIpc) is 1.65. The number of nitrogens with one attached hydrogen (secondary N) is 1. The fourth-order valence-corrected chi connectivity index (χ4v) is 0.187. The molecule has 0 aliphatic heterocycles. The normalized spacial score (nSPS) is 15.0. The van der Waals surface area contributed by atoms with Crippen LogP contribution in [0.25, 0.3) is 0 Å². The Hall–Kier alpha value is -0.160. The van der Waals surface area contributed by atoms with Gasteiger partial charge in [0.25, 0.3) is 0 Å². The van der Waals surface area contributed by atoms with E-state index in [4.69, 9.17) is 10.9 Å². The van der Waals surface area contributed by atoms with E-state index >= 15 is 0 Å². The first-order valence-electron chi connectivity index (χ1n) is 2.08. The molecule has 4 nitrogen and oxygen atoms in total. The van der Waals surface area contributed by atoms with Crippen LogP contribution in [-0.4, -0.2) is 23.5 Å². The topological polar surface area (TPSA) is 61.5 Å². The monoisotopic (exact) mass is 105 g/mol. The Bertz CT molecular complexity index is 47.4. The molecule has 0 bridgehead atoms. The van der Waals surface area contributed by atoms with E-state index in [0.29, 0.717) is 0 Å². The Balaban J connectivity index is 3.14. The number of aliphatic hydroxyl groups is 1. The average molecular weight is 105 g/mol. The number of rotatable bonds is 2. The van der Waals surface area contributed by atoms with Gasteiger partial charge in [0, 0.05) is 7.05 Å². The summed E-state index contributed by atoms with van der Waals surface area (Å²) in [5.74, 6) is 5.09. The fourth-order valence-electron chi connectivity index (χ4n) is 0.187. The van der Waals surface area contributed by atoms with E-state index in [-0.39, 0.29) is 0 Å². The van der Waals surface area contributed by atoms with Gasteiger partial charge in [-0.05, 0) is 6.92 Å². The standard InChI is InChI=1S/C3H11N3O/c1-3(7)6(4)5-2/h3,5,7H,4H2,1-2H3. The smallest absolute Gasteiger partial charge is 0.131 e. The summed E-state index contributed by atoms with van der Waals surface area (Å²) in [7, 11) is 1.63. The molecule has 0 rings (SSSR count). The van der Waals surface area contributed by atoms with E-state index in [9.17, 15) is 0 Å². The van der Waals surface area contributed by atoms with Crippen molar-refractivity contribution in [1.29, 1.82) is 0 Å². The molecule has 4 heteroatoms. The van der Waals surface area contributed by atoms with Gasteiger partial charge in [0.2, 0.25) is 0 Å². The van der Waals surface area contributed by atoms with E-state index in [1.165, 1.54) is 0 Å². The Morgan fingerprint density at radius 1 is 1.86 bits per heavy atom. The summed E-state index contributed by atoms with van der Waals surface area (Å²) in [6.07, 6.45) is -0.634. The van der Waals surface area contributed by atoms with Crippen molar-refractivity contribution >= 4 is 0 Å². The first-order chi connectivity index (χ1) is 3.18. The Morgan fingerprint density at radius 3 is 2.29 bits per heavy atom. The summed E-state index contributed by atoms with van der Waals surface area (Å²) in [5, 5.41) is 9.66.